The summed E-state index contributed by atoms with van der Waals surface area (Å²) in [6, 6.07) is 15.5. The Morgan fingerprint density at radius 2 is 1.64 bits per heavy atom. The molecule has 0 saturated carbocycles. The van der Waals surface area contributed by atoms with Gasteiger partial charge in [-0.25, -0.2) is 8.42 Å². The average molecular weight is 373 g/mol. The highest BCUT2D eigenvalue weighted by molar-refractivity contribution is 7.92. The molecule has 0 radical (unpaired) electrons. The molecule has 3 rings (SSSR count). The molecule has 126 valence electrons. The molecule has 1 heterocycles. The van der Waals surface area contributed by atoms with Crippen molar-refractivity contribution in [3.63, 3.8) is 0 Å². The second-order valence-electron chi connectivity index (χ2n) is 5.17. The van der Waals surface area contributed by atoms with Crippen LogP contribution in [0.15, 0.2) is 78.0 Å². The van der Waals surface area contributed by atoms with Crippen LogP contribution in [0.5, 0.6) is 0 Å². The number of halogens is 1. The molecule has 2 aromatic carbocycles. The van der Waals surface area contributed by atoms with Crippen LogP contribution in [0.2, 0.25) is 5.02 Å². The van der Waals surface area contributed by atoms with Gasteiger partial charge in [0, 0.05) is 28.5 Å². The van der Waals surface area contributed by atoms with E-state index in [-0.39, 0.29) is 21.9 Å². The highest BCUT2D eigenvalue weighted by Crippen LogP contribution is 2.26. The molecule has 0 atom stereocenters. The molecule has 0 bridgehead atoms. The molecule has 5 nitrogen and oxygen atoms in total. The highest BCUT2D eigenvalue weighted by Gasteiger charge is 2.20. The normalized spacial score (nSPS) is 11.1. The molecule has 3 aromatic rings. The summed E-state index contributed by atoms with van der Waals surface area (Å²) in [7, 11) is -3.82. The van der Waals surface area contributed by atoms with Gasteiger partial charge in [-0.05, 0) is 42.5 Å². The fraction of sp³-hybridized carbons (Fsp3) is 0. The first-order valence-corrected chi connectivity index (χ1v) is 9.15. The molecule has 0 aliphatic carbocycles. The quantitative estimate of drug-likeness (QED) is 0.692. The zero-order chi connectivity index (χ0) is 17.9. The molecule has 25 heavy (non-hydrogen) atoms. The van der Waals surface area contributed by atoms with Crippen molar-refractivity contribution in [3.8, 4) is 0 Å². The van der Waals surface area contributed by atoms with Gasteiger partial charge in [0.05, 0.1) is 10.6 Å². The Bertz CT molecular complexity index is 1010. The third-order valence-electron chi connectivity index (χ3n) is 3.47. The van der Waals surface area contributed by atoms with Gasteiger partial charge in [-0.15, -0.1) is 0 Å². The summed E-state index contributed by atoms with van der Waals surface area (Å²) < 4.78 is 27.5. The maximum absolute atomic E-state index is 12.7. The molecule has 0 fully saturated rings. The van der Waals surface area contributed by atoms with Crippen LogP contribution in [0.25, 0.3) is 0 Å². The van der Waals surface area contributed by atoms with Crippen LogP contribution in [-0.4, -0.2) is 19.2 Å². The minimum atomic E-state index is -3.82. The number of carbonyl (C=O) groups excluding carboxylic acids is 1. The fourth-order valence-electron chi connectivity index (χ4n) is 2.26. The first-order valence-electron chi connectivity index (χ1n) is 7.29. The van der Waals surface area contributed by atoms with E-state index in [0.717, 1.165) is 0 Å². The molecule has 0 amide bonds. The molecule has 0 aliphatic rings. The van der Waals surface area contributed by atoms with Crippen LogP contribution in [0.4, 0.5) is 5.69 Å². The number of ketones is 1. The fourth-order valence-corrected chi connectivity index (χ4v) is 3.53. The number of hydrogen-bond donors (Lipinski definition) is 1. The lowest BCUT2D eigenvalue weighted by atomic mass is 10.0. The summed E-state index contributed by atoms with van der Waals surface area (Å²) >= 11 is 5.99. The first-order chi connectivity index (χ1) is 12.0. The van der Waals surface area contributed by atoms with E-state index in [1.165, 1.54) is 42.7 Å². The van der Waals surface area contributed by atoms with E-state index >= 15 is 0 Å². The molecule has 0 saturated heterocycles. The maximum atomic E-state index is 12.7. The topological polar surface area (TPSA) is 76.1 Å². The van der Waals surface area contributed by atoms with Gasteiger partial charge in [-0.3, -0.25) is 14.5 Å². The zero-order valence-corrected chi connectivity index (χ0v) is 14.5. The van der Waals surface area contributed by atoms with Gasteiger partial charge in [0.15, 0.2) is 5.78 Å². The smallest absolute Gasteiger partial charge is 0.261 e. The van der Waals surface area contributed by atoms with Crippen molar-refractivity contribution in [2.24, 2.45) is 0 Å². The number of sulfonamides is 1. The SMILES string of the molecule is O=C(c1ccncc1)c1cc(Cl)ccc1NS(=O)(=O)c1ccccc1. The van der Waals surface area contributed by atoms with E-state index in [2.05, 4.69) is 9.71 Å². The standard InChI is InChI=1S/C18H13ClN2O3S/c19-14-6-7-17(21-25(23,24)15-4-2-1-3-5-15)16(12-14)18(22)13-8-10-20-11-9-13/h1-12,21H. The molecule has 7 heteroatoms. The van der Waals surface area contributed by atoms with Crippen LogP contribution in [0.3, 0.4) is 0 Å². The predicted molar refractivity (Wildman–Crippen MR) is 96.4 cm³/mol. The Morgan fingerprint density at radius 3 is 2.32 bits per heavy atom. The monoisotopic (exact) mass is 372 g/mol. The highest BCUT2D eigenvalue weighted by atomic mass is 35.5. The van der Waals surface area contributed by atoms with E-state index in [9.17, 15) is 13.2 Å². The lowest BCUT2D eigenvalue weighted by Gasteiger charge is -2.12. The number of rotatable bonds is 5. The Labute approximate surface area is 150 Å². The Kier molecular flexibility index (Phi) is 4.83. The Hall–Kier alpha value is -2.70. The summed E-state index contributed by atoms with van der Waals surface area (Å²) in [6.45, 7) is 0. The van der Waals surface area contributed by atoms with Crippen molar-refractivity contribution in [3.05, 3.63) is 89.2 Å². The second-order valence-corrected chi connectivity index (χ2v) is 7.29. The molecule has 1 N–H and O–H groups in total. The van der Waals surface area contributed by atoms with Gasteiger partial charge >= 0.3 is 0 Å². The number of hydrogen-bond acceptors (Lipinski definition) is 4. The van der Waals surface area contributed by atoms with Crippen molar-refractivity contribution in [1.29, 1.82) is 0 Å². The Morgan fingerprint density at radius 1 is 0.960 bits per heavy atom. The predicted octanol–water partition coefficient (Wildman–Crippen LogP) is 3.77. The number of benzene rings is 2. The van der Waals surface area contributed by atoms with Crippen LogP contribution >= 0.6 is 11.6 Å². The van der Waals surface area contributed by atoms with E-state index in [4.69, 9.17) is 11.6 Å². The molecule has 0 spiro atoms. The summed E-state index contributed by atoms with van der Waals surface area (Å²) in [4.78, 5) is 16.7. The van der Waals surface area contributed by atoms with Crippen molar-refractivity contribution < 1.29 is 13.2 Å². The Balaban J connectivity index is 2.02. The zero-order valence-electron chi connectivity index (χ0n) is 12.9. The lowest BCUT2D eigenvalue weighted by Crippen LogP contribution is -2.16. The third kappa shape index (κ3) is 3.87. The van der Waals surface area contributed by atoms with E-state index < -0.39 is 10.0 Å². The first kappa shape index (κ1) is 17.1. The molecule has 0 unspecified atom stereocenters. The maximum Gasteiger partial charge on any atom is 0.261 e. The molecule has 0 aliphatic heterocycles. The van der Waals surface area contributed by atoms with E-state index in [0.29, 0.717) is 10.6 Å². The summed E-state index contributed by atoms with van der Waals surface area (Å²) in [5, 5.41) is 0.333. The summed E-state index contributed by atoms with van der Waals surface area (Å²) in [5.41, 5.74) is 0.714. The number of carbonyl (C=O) groups is 1. The van der Waals surface area contributed by atoms with Crippen molar-refractivity contribution in [1.82, 2.24) is 4.98 Å². The molecular formula is C18H13ClN2O3S. The van der Waals surface area contributed by atoms with Gasteiger partial charge in [-0.1, -0.05) is 29.8 Å². The third-order valence-corrected chi connectivity index (χ3v) is 5.08. The van der Waals surface area contributed by atoms with Crippen molar-refractivity contribution in [2.45, 2.75) is 4.90 Å². The number of nitrogens with one attached hydrogen (secondary N) is 1. The van der Waals surface area contributed by atoms with Crippen LogP contribution in [0.1, 0.15) is 15.9 Å². The van der Waals surface area contributed by atoms with E-state index in [1.54, 1.807) is 30.3 Å². The molecular weight excluding hydrogens is 360 g/mol. The second kappa shape index (κ2) is 7.04. The number of aromatic nitrogens is 1. The van der Waals surface area contributed by atoms with Crippen LogP contribution in [-0.2, 0) is 10.0 Å². The summed E-state index contributed by atoms with van der Waals surface area (Å²) in [5.74, 6) is -0.351. The van der Waals surface area contributed by atoms with Gasteiger partial charge in [0.1, 0.15) is 0 Å². The van der Waals surface area contributed by atoms with Gasteiger partial charge in [0.25, 0.3) is 10.0 Å². The van der Waals surface area contributed by atoms with Crippen LogP contribution in [0, 0.1) is 0 Å². The van der Waals surface area contributed by atoms with Gasteiger partial charge in [-0.2, -0.15) is 0 Å². The van der Waals surface area contributed by atoms with E-state index in [1.807, 2.05) is 0 Å². The molecule has 1 aromatic heterocycles. The summed E-state index contributed by atoms with van der Waals surface area (Å²) in [6.07, 6.45) is 2.98. The van der Waals surface area contributed by atoms with Gasteiger partial charge in [0.2, 0.25) is 0 Å². The number of nitrogens with zero attached hydrogens (tertiary/aromatic N) is 1. The minimum Gasteiger partial charge on any atom is -0.289 e. The van der Waals surface area contributed by atoms with Gasteiger partial charge < -0.3 is 0 Å². The minimum absolute atomic E-state index is 0.104. The lowest BCUT2D eigenvalue weighted by molar-refractivity contribution is 0.103. The van der Waals surface area contributed by atoms with Crippen molar-refractivity contribution in [2.75, 3.05) is 4.72 Å². The largest absolute Gasteiger partial charge is 0.289 e. The van der Waals surface area contributed by atoms with Crippen molar-refractivity contribution >= 4 is 33.1 Å². The average Bonchev–Trinajstić information content (AvgIpc) is 2.64. The van der Waals surface area contributed by atoms with Crippen LogP contribution < -0.4 is 4.72 Å². The number of pyridine rings is 1. The number of anilines is 1.